The van der Waals surface area contributed by atoms with Gasteiger partial charge < -0.3 is 24.5 Å². The lowest BCUT2D eigenvalue weighted by Crippen LogP contribution is -2.23. The molecule has 0 aliphatic heterocycles. The molecule has 4 aromatic rings. The Morgan fingerprint density at radius 1 is 1.06 bits per heavy atom. The molecule has 1 atom stereocenters. The Balaban J connectivity index is 1.65. The summed E-state index contributed by atoms with van der Waals surface area (Å²) in [6.45, 7) is -0.376. The molecule has 0 aliphatic carbocycles. The van der Waals surface area contributed by atoms with E-state index in [4.69, 9.17) is 44.4 Å². The van der Waals surface area contributed by atoms with E-state index in [1.807, 2.05) is 0 Å². The van der Waals surface area contributed by atoms with Gasteiger partial charge in [0, 0.05) is 24.5 Å². The third-order valence-electron chi connectivity index (χ3n) is 4.52. The van der Waals surface area contributed by atoms with Gasteiger partial charge in [-0.3, -0.25) is 0 Å². The highest BCUT2D eigenvalue weighted by Crippen LogP contribution is 2.36. The van der Waals surface area contributed by atoms with Crippen molar-refractivity contribution in [2.24, 2.45) is 0 Å². The normalized spacial score (nSPS) is 13.0. The summed E-state index contributed by atoms with van der Waals surface area (Å²) in [6.07, 6.45) is -3.43. The molecule has 1 unspecified atom stereocenters. The van der Waals surface area contributed by atoms with Crippen molar-refractivity contribution >= 4 is 46.1 Å². The zero-order chi connectivity index (χ0) is 23.9. The molecule has 0 saturated carbocycles. The number of nitrogens with one attached hydrogen (secondary N) is 1. The molecule has 0 saturated heterocycles. The molecule has 0 spiro atoms. The van der Waals surface area contributed by atoms with Crippen LogP contribution >= 0.6 is 34.8 Å². The predicted octanol–water partition coefficient (Wildman–Crippen LogP) is 4.80. The molecule has 1 aromatic carbocycles. The second kappa shape index (κ2) is 8.99. The van der Waals surface area contributed by atoms with Crippen molar-refractivity contribution in [2.45, 2.75) is 12.3 Å². The average Bonchev–Trinajstić information content (AvgIpc) is 3.40. The summed E-state index contributed by atoms with van der Waals surface area (Å²) in [6, 6.07) is 3.74. The van der Waals surface area contributed by atoms with Crippen LogP contribution in [-0.4, -0.2) is 49.0 Å². The molecule has 3 heterocycles. The zero-order valence-corrected chi connectivity index (χ0v) is 18.5. The van der Waals surface area contributed by atoms with Crippen LogP contribution < -0.4 is 5.32 Å². The number of aromatic nitrogens is 4. The number of hydrogen-bond donors (Lipinski definition) is 3. The number of nitrogens with zero attached hydrogens (tertiary/aromatic N) is 4. The van der Waals surface area contributed by atoms with Gasteiger partial charge in [0.1, 0.15) is 5.69 Å². The smallest absolute Gasteiger partial charge is 0.394 e. The van der Waals surface area contributed by atoms with E-state index in [-0.39, 0.29) is 44.7 Å². The minimum absolute atomic E-state index is 0.0464. The number of hydrogen-bond acceptors (Lipinski definition) is 7. The number of aliphatic hydroxyl groups is 2. The van der Waals surface area contributed by atoms with Crippen LogP contribution in [0.5, 0.6) is 0 Å². The molecule has 0 radical (unpaired) electrons. The van der Waals surface area contributed by atoms with Crippen LogP contribution in [0, 0.1) is 0 Å². The lowest BCUT2D eigenvalue weighted by atomic mass is 10.2. The molecule has 0 amide bonds. The van der Waals surface area contributed by atoms with Gasteiger partial charge >= 0.3 is 6.18 Å². The topological polar surface area (TPSA) is 109 Å². The summed E-state index contributed by atoms with van der Waals surface area (Å²) < 4.78 is 45.4. The Labute approximate surface area is 198 Å². The quantitative estimate of drug-likeness (QED) is 0.334. The maximum atomic E-state index is 13.0. The standard InChI is InChI=1S/C19H13Cl3F3N5O3/c20-11-3-14(26-4-9(32)7-31)12(21)2-10(11)16-28-18(33-29-16)15-6-30-5-8(19(23,24)25)1-13(22)17(30)27-15/h1-3,5-6,9,26,31-32H,4,7H2. The van der Waals surface area contributed by atoms with Crippen LogP contribution in [0.1, 0.15) is 5.56 Å². The van der Waals surface area contributed by atoms with E-state index in [1.54, 1.807) is 0 Å². The maximum absolute atomic E-state index is 13.0. The monoisotopic (exact) mass is 521 g/mol. The van der Waals surface area contributed by atoms with Crippen molar-refractivity contribution in [3.8, 4) is 23.0 Å². The first-order valence-electron chi connectivity index (χ1n) is 9.18. The van der Waals surface area contributed by atoms with Crippen molar-refractivity contribution < 1.29 is 27.9 Å². The number of anilines is 1. The highest BCUT2D eigenvalue weighted by molar-refractivity contribution is 6.37. The summed E-state index contributed by atoms with van der Waals surface area (Å²) in [7, 11) is 0. The average molecular weight is 523 g/mol. The zero-order valence-electron chi connectivity index (χ0n) is 16.2. The van der Waals surface area contributed by atoms with Crippen molar-refractivity contribution in [3.63, 3.8) is 0 Å². The Morgan fingerprint density at radius 2 is 1.82 bits per heavy atom. The lowest BCUT2D eigenvalue weighted by molar-refractivity contribution is -0.137. The molecule has 8 nitrogen and oxygen atoms in total. The molecule has 0 fully saturated rings. The van der Waals surface area contributed by atoms with Gasteiger partial charge in [-0.05, 0) is 18.2 Å². The maximum Gasteiger partial charge on any atom is 0.417 e. The van der Waals surface area contributed by atoms with Crippen LogP contribution in [0.25, 0.3) is 28.6 Å². The van der Waals surface area contributed by atoms with E-state index in [0.717, 1.165) is 16.7 Å². The van der Waals surface area contributed by atoms with Gasteiger partial charge in [-0.25, -0.2) is 4.98 Å². The molecule has 3 N–H and O–H groups in total. The van der Waals surface area contributed by atoms with Crippen LogP contribution in [0.3, 0.4) is 0 Å². The Kier molecular flexibility index (Phi) is 6.43. The van der Waals surface area contributed by atoms with E-state index in [1.165, 1.54) is 18.3 Å². The molecule has 0 bridgehead atoms. The van der Waals surface area contributed by atoms with E-state index in [2.05, 4.69) is 20.4 Å². The number of fused-ring (bicyclic) bond motifs is 1. The third-order valence-corrected chi connectivity index (χ3v) is 5.42. The fourth-order valence-electron chi connectivity index (χ4n) is 2.90. The third kappa shape index (κ3) is 4.87. The summed E-state index contributed by atoms with van der Waals surface area (Å²) in [4.78, 5) is 8.38. The van der Waals surface area contributed by atoms with Crippen LogP contribution in [0.2, 0.25) is 15.1 Å². The van der Waals surface area contributed by atoms with Gasteiger partial charge in [0.2, 0.25) is 5.82 Å². The van der Waals surface area contributed by atoms with Gasteiger partial charge in [0.05, 0.1) is 39.0 Å². The summed E-state index contributed by atoms with van der Waals surface area (Å²) in [5, 5.41) is 25.3. The second-order valence-electron chi connectivity index (χ2n) is 6.88. The first-order valence-corrected chi connectivity index (χ1v) is 10.3. The number of imidazole rings is 1. The number of aliphatic hydroxyl groups excluding tert-OH is 2. The van der Waals surface area contributed by atoms with Crippen LogP contribution in [0.15, 0.2) is 35.1 Å². The molecule has 174 valence electrons. The molecule has 4 rings (SSSR count). The molecular formula is C19H13Cl3F3N5O3. The lowest BCUT2D eigenvalue weighted by Gasteiger charge is -2.13. The van der Waals surface area contributed by atoms with E-state index in [0.29, 0.717) is 11.3 Å². The first-order chi connectivity index (χ1) is 15.6. The van der Waals surface area contributed by atoms with E-state index in [9.17, 15) is 18.3 Å². The second-order valence-corrected chi connectivity index (χ2v) is 8.11. The number of halogens is 6. The minimum Gasteiger partial charge on any atom is -0.394 e. The summed E-state index contributed by atoms with van der Waals surface area (Å²) in [5.41, 5.74) is -0.00516. The molecule has 14 heteroatoms. The molecule has 33 heavy (non-hydrogen) atoms. The summed E-state index contributed by atoms with van der Waals surface area (Å²) in [5.74, 6) is -0.00300. The summed E-state index contributed by atoms with van der Waals surface area (Å²) >= 11 is 18.5. The Bertz CT molecular complexity index is 1330. The molecule has 0 aliphatic rings. The van der Waals surface area contributed by atoms with Crippen LogP contribution in [-0.2, 0) is 6.18 Å². The predicted molar refractivity (Wildman–Crippen MR) is 116 cm³/mol. The van der Waals surface area contributed by atoms with Crippen molar-refractivity contribution in [1.29, 1.82) is 0 Å². The first kappa shape index (κ1) is 23.6. The SMILES string of the molecule is OCC(O)CNc1cc(Cl)c(-c2noc(-c3cn4cc(C(F)(F)F)cc(Cl)c4n3)n2)cc1Cl. The number of pyridine rings is 1. The van der Waals surface area contributed by atoms with Gasteiger partial charge in [0.15, 0.2) is 5.65 Å². The molecule has 3 aromatic heterocycles. The number of rotatable bonds is 6. The van der Waals surface area contributed by atoms with Crippen molar-refractivity contribution in [3.05, 3.63) is 51.2 Å². The number of benzene rings is 1. The van der Waals surface area contributed by atoms with Crippen molar-refractivity contribution in [2.75, 3.05) is 18.5 Å². The van der Waals surface area contributed by atoms with Gasteiger partial charge in [-0.15, -0.1) is 0 Å². The Hall–Kier alpha value is -2.57. The van der Waals surface area contributed by atoms with Crippen LogP contribution in [0.4, 0.5) is 18.9 Å². The minimum atomic E-state index is -4.58. The fourth-order valence-corrected chi connectivity index (χ4v) is 3.63. The van der Waals surface area contributed by atoms with Gasteiger partial charge in [-0.1, -0.05) is 40.0 Å². The Morgan fingerprint density at radius 3 is 2.52 bits per heavy atom. The van der Waals surface area contributed by atoms with Crippen molar-refractivity contribution in [1.82, 2.24) is 19.5 Å². The number of alkyl halides is 3. The fraction of sp³-hybridized carbons (Fsp3) is 0.211. The van der Waals surface area contributed by atoms with E-state index < -0.39 is 24.5 Å². The largest absolute Gasteiger partial charge is 0.417 e. The molecular weight excluding hydrogens is 510 g/mol. The highest BCUT2D eigenvalue weighted by atomic mass is 35.5. The van der Waals surface area contributed by atoms with Gasteiger partial charge in [0.25, 0.3) is 5.89 Å². The van der Waals surface area contributed by atoms with Gasteiger partial charge in [-0.2, -0.15) is 18.2 Å². The van der Waals surface area contributed by atoms with E-state index >= 15 is 0 Å². The highest BCUT2D eigenvalue weighted by Gasteiger charge is 2.32.